The number of nitro groups is 1. The molecule has 0 aliphatic rings. The fourth-order valence-electron chi connectivity index (χ4n) is 3.05. The lowest BCUT2D eigenvalue weighted by molar-refractivity contribution is -0.387. The Morgan fingerprint density at radius 2 is 1.72 bits per heavy atom. The van der Waals surface area contributed by atoms with Gasteiger partial charge in [-0.15, -0.1) is 0 Å². The molecule has 7 heteroatoms. The summed E-state index contributed by atoms with van der Waals surface area (Å²) in [5, 5.41) is 23.9. The Hall–Kier alpha value is -3.89. The van der Waals surface area contributed by atoms with Crippen LogP contribution in [0.1, 0.15) is 22.3 Å². The van der Waals surface area contributed by atoms with Crippen molar-refractivity contribution in [3.8, 4) is 6.07 Å². The van der Waals surface area contributed by atoms with E-state index in [0.29, 0.717) is 16.1 Å². The molecular weight excluding hydrogens is 422 g/mol. The van der Waals surface area contributed by atoms with Crippen LogP contribution in [0.25, 0.3) is 6.08 Å². The lowest BCUT2D eigenvalue weighted by atomic mass is 10.1. The molecular formula is C25H21N3O3S. The summed E-state index contributed by atoms with van der Waals surface area (Å²) in [6.45, 7) is 5.79. The molecule has 0 saturated heterocycles. The standard InChI is InChI=1S/C25H21N3O3S/c1-16-4-8-21(9-5-16)32-24-11-7-19(14-23(24)28(30)31)13-20(15-26)25(29)27-22-10-6-17(2)12-18(22)3/h4-14H,1-3H3,(H,27,29)/b20-13-. The lowest BCUT2D eigenvalue weighted by Gasteiger charge is -2.09. The Kier molecular flexibility index (Phi) is 7.08. The normalized spacial score (nSPS) is 11.0. The van der Waals surface area contributed by atoms with Crippen LogP contribution in [0, 0.1) is 42.2 Å². The number of anilines is 1. The number of carbonyl (C=O) groups is 1. The number of amides is 1. The van der Waals surface area contributed by atoms with E-state index in [-0.39, 0.29) is 11.3 Å². The summed E-state index contributed by atoms with van der Waals surface area (Å²) < 4.78 is 0. The number of nitriles is 1. The summed E-state index contributed by atoms with van der Waals surface area (Å²) >= 11 is 1.29. The first-order valence-corrected chi connectivity index (χ1v) is 10.6. The van der Waals surface area contributed by atoms with E-state index in [9.17, 15) is 20.2 Å². The molecule has 1 N–H and O–H groups in total. The molecule has 6 nitrogen and oxygen atoms in total. The van der Waals surface area contributed by atoms with Crippen molar-refractivity contribution in [2.24, 2.45) is 0 Å². The van der Waals surface area contributed by atoms with Gasteiger partial charge in [-0.25, -0.2) is 0 Å². The molecule has 0 fully saturated rings. The lowest BCUT2D eigenvalue weighted by Crippen LogP contribution is -2.14. The zero-order valence-corrected chi connectivity index (χ0v) is 18.7. The van der Waals surface area contributed by atoms with Crippen LogP contribution in [-0.2, 0) is 4.79 Å². The summed E-state index contributed by atoms with van der Waals surface area (Å²) in [5.74, 6) is -0.569. The summed E-state index contributed by atoms with van der Waals surface area (Å²) in [4.78, 5) is 25.1. The zero-order valence-electron chi connectivity index (χ0n) is 17.9. The Balaban J connectivity index is 1.87. The van der Waals surface area contributed by atoms with E-state index in [1.54, 1.807) is 18.2 Å². The third kappa shape index (κ3) is 5.62. The highest BCUT2D eigenvalue weighted by Gasteiger charge is 2.17. The van der Waals surface area contributed by atoms with Crippen LogP contribution in [0.15, 0.2) is 76.0 Å². The molecule has 0 saturated carbocycles. The molecule has 160 valence electrons. The van der Waals surface area contributed by atoms with Crippen molar-refractivity contribution in [2.75, 3.05) is 5.32 Å². The second kappa shape index (κ2) is 9.94. The number of hydrogen-bond acceptors (Lipinski definition) is 5. The summed E-state index contributed by atoms with van der Waals surface area (Å²) in [6.07, 6.45) is 1.35. The maximum Gasteiger partial charge on any atom is 0.283 e. The molecule has 0 aliphatic heterocycles. The van der Waals surface area contributed by atoms with E-state index in [2.05, 4.69) is 5.32 Å². The maximum atomic E-state index is 12.6. The summed E-state index contributed by atoms with van der Waals surface area (Å²) in [6, 6.07) is 19.8. The van der Waals surface area contributed by atoms with Gasteiger partial charge in [-0.2, -0.15) is 5.26 Å². The van der Waals surface area contributed by atoms with Gasteiger partial charge in [0.2, 0.25) is 0 Å². The van der Waals surface area contributed by atoms with Crippen molar-refractivity contribution in [2.45, 2.75) is 30.6 Å². The van der Waals surface area contributed by atoms with Gasteiger partial charge in [-0.3, -0.25) is 14.9 Å². The highest BCUT2D eigenvalue weighted by atomic mass is 32.2. The molecule has 0 radical (unpaired) electrons. The quantitative estimate of drug-likeness (QED) is 0.211. The van der Waals surface area contributed by atoms with Crippen LogP contribution in [-0.4, -0.2) is 10.8 Å². The van der Waals surface area contributed by atoms with Gasteiger partial charge in [0.15, 0.2) is 0 Å². The van der Waals surface area contributed by atoms with Crippen LogP contribution in [0.5, 0.6) is 0 Å². The van der Waals surface area contributed by atoms with Gasteiger partial charge >= 0.3 is 0 Å². The second-order valence-electron chi connectivity index (χ2n) is 7.34. The molecule has 0 heterocycles. The Bertz CT molecular complexity index is 1260. The molecule has 1 amide bonds. The topological polar surface area (TPSA) is 96.0 Å². The van der Waals surface area contributed by atoms with E-state index < -0.39 is 10.8 Å². The highest BCUT2D eigenvalue weighted by Crippen LogP contribution is 2.35. The molecule has 0 unspecified atom stereocenters. The van der Waals surface area contributed by atoms with Gasteiger partial charge in [0.25, 0.3) is 11.6 Å². The van der Waals surface area contributed by atoms with Crippen LogP contribution >= 0.6 is 11.8 Å². The molecule has 0 atom stereocenters. The van der Waals surface area contributed by atoms with Crippen molar-refractivity contribution in [3.63, 3.8) is 0 Å². The Labute approximate surface area is 190 Å². The number of nitrogens with one attached hydrogen (secondary N) is 1. The van der Waals surface area contributed by atoms with Crippen molar-refractivity contribution < 1.29 is 9.72 Å². The molecule has 0 aromatic heterocycles. The van der Waals surface area contributed by atoms with Crippen LogP contribution in [0.4, 0.5) is 11.4 Å². The minimum Gasteiger partial charge on any atom is -0.321 e. The smallest absolute Gasteiger partial charge is 0.283 e. The van der Waals surface area contributed by atoms with E-state index in [0.717, 1.165) is 21.6 Å². The van der Waals surface area contributed by atoms with Gasteiger partial charge in [-0.05, 0) is 62.2 Å². The predicted molar refractivity (Wildman–Crippen MR) is 127 cm³/mol. The fourth-order valence-corrected chi connectivity index (χ4v) is 3.95. The first kappa shape index (κ1) is 22.8. The molecule has 3 rings (SSSR count). The van der Waals surface area contributed by atoms with Gasteiger partial charge in [0.1, 0.15) is 11.6 Å². The number of hydrogen-bond donors (Lipinski definition) is 1. The second-order valence-corrected chi connectivity index (χ2v) is 8.46. The van der Waals surface area contributed by atoms with Gasteiger partial charge in [0, 0.05) is 16.6 Å². The van der Waals surface area contributed by atoms with Crippen molar-refractivity contribution >= 4 is 35.1 Å². The Morgan fingerprint density at radius 1 is 1.03 bits per heavy atom. The largest absolute Gasteiger partial charge is 0.321 e. The SMILES string of the molecule is Cc1ccc(Sc2ccc(/C=C(/C#N)C(=O)Nc3ccc(C)cc3C)cc2[N+](=O)[O-])cc1. The first-order valence-electron chi connectivity index (χ1n) is 9.80. The maximum absolute atomic E-state index is 12.6. The number of nitrogens with zero attached hydrogens (tertiary/aromatic N) is 2. The van der Waals surface area contributed by atoms with Gasteiger partial charge in [0.05, 0.1) is 9.82 Å². The number of carbonyl (C=O) groups excluding carboxylic acids is 1. The third-order valence-corrected chi connectivity index (χ3v) is 5.81. The van der Waals surface area contributed by atoms with Gasteiger partial charge in [-0.1, -0.05) is 53.2 Å². The molecule has 0 aliphatic carbocycles. The first-order chi connectivity index (χ1) is 15.3. The Morgan fingerprint density at radius 3 is 2.34 bits per heavy atom. The highest BCUT2D eigenvalue weighted by molar-refractivity contribution is 7.99. The molecule has 0 bridgehead atoms. The van der Waals surface area contributed by atoms with E-state index in [4.69, 9.17) is 0 Å². The predicted octanol–water partition coefficient (Wildman–Crippen LogP) is 6.22. The van der Waals surface area contributed by atoms with Crippen LogP contribution in [0.2, 0.25) is 0 Å². The van der Waals surface area contributed by atoms with Gasteiger partial charge < -0.3 is 5.32 Å². The van der Waals surface area contributed by atoms with Crippen molar-refractivity contribution in [1.82, 2.24) is 0 Å². The van der Waals surface area contributed by atoms with Crippen molar-refractivity contribution in [1.29, 1.82) is 5.26 Å². The van der Waals surface area contributed by atoms with Crippen molar-refractivity contribution in [3.05, 3.63) is 98.6 Å². The monoisotopic (exact) mass is 443 g/mol. The summed E-state index contributed by atoms with van der Waals surface area (Å²) in [5.41, 5.74) is 3.83. The molecule has 3 aromatic rings. The minimum absolute atomic E-state index is 0.0867. The number of aryl methyl sites for hydroxylation is 3. The minimum atomic E-state index is -0.569. The zero-order chi connectivity index (χ0) is 23.3. The number of benzene rings is 3. The third-order valence-electron chi connectivity index (χ3n) is 4.73. The van der Waals surface area contributed by atoms with Crippen LogP contribution in [0.3, 0.4) is 0 Å². The van der Waals surface area contributed by atoms with E-state index in [1.165, 1.54) is 23.9 Å². The fraction of sp³-hybridized carbons (Fsp3) is 0.120. The van der Waals surface area contributed by atoms with E-state index in [1.807, 2.05) is 63.2 Å². The molecule has 3 aromatic carbocycles. The number of rotatable bonds is 6. The average molecular weight is 444 g/mol. The van der Waals surface area contributed by atoms with E-state index >= 15 is 0 Å². The average Bonchev–Trinajstić information content (AvgIpc) is 2.76. The number of nitro benzene ring substituents is 1. The summed E-state index contributed by atoms with van der Waals surface area (Å²) in [7, 11) is 0. The molecule has 32 heavy (non-hydrogen) atoms. The molecule has 0 spiro atoms. The van der Waals surface area contributed by atoms with Crippen LogP contribution < -0.4 is 5.32 Å².